The van der Waals surface area contributed by atoms with Gasteiger partial charge in [-0.05, 0) is 59.7 Å². The molecule has 0 aromatic rings. The van der Waals surface area contributed by atoms with Crippen molar-refractivity contribution < 1.29 is 49.2 Å². The second-order valence-electron chi connectivity index (χ2n) is 13.4. The molecule has 3 heterocycles. The van der Waals surface area contributed by atoms with Crippen LogP contribution in [-0.4, -0.2) is 137 Å². The van der Waals surface area contributed by atoms with Crippen LogP contribution in [0.5, 0.6) is 0 Å². The normalized spacial score (nSPS) is 41.9. The SMILES string of the molecule is CCCCCN[C@H]1[C@H](O)[C@H](O)[C@@H](O[C@@H]2[C@@H](O[C@@H]3[C@H](O)[C@@H](O)O[C@H](C)[C@H]3NCCCCC)O[C@H](C)[C@@H](NCCCCC)[C@@H]2O)O[C@@H]1C. The summed E-state index contributed by atoms with van der Waals surface area (Å²) in [5.74, 6) is 0. The van der Waals surface area contributed by atoms with Crippen LogP contribution in [0.25, 0.3) is 0 Å². The third-order valence-corrected chi connectivity index (χ3v) is 9.58. The van der Waals surface area contributed by atoms with Crippen molar-refractivity contribution in [3.05, 3.63) is 0 Å². The van der Waals surface area contributed by atoms with Gasteiger partial charge in [0.15, 0.2) is 18.9 Å². The molecule has 0 spiro atoms. The highest BCUT2D eigenvalue weighted by Crippen LogP contribution is 2.33. The molecule has 0 bridgehead atoms. The molecular weight excluding hydrogens is 598 g/mol. The van der Waals surface area contributed by atoms with Crippen molar-refractivity contribution in [3.63, 3.8) is 0 Å². The molecule has 13 heteroatoms. The van der Waals surface area contributed by atoms with Crippen molar-refractivity contribution in [1.82, 2.24) is 16.0 Å². The Hall–Kier alpha value is -0.520. The first-order valence-corrected chi connectivity index (χ1v) is 17.9. The Kier molecular flexibility index (Phi) is 17.5. The van der Waals surface area contributed by atoms with E-state index in [0.717, 1.165) is 57.8 Å². The van der Waals surface area contributed by atoms with E-state index in [4.69, 9.17) is 23.7 Å². The average Bonchev–Trinajstić information content (AvgIpc) is 3.02. The van der Waals surface area contributed by atoms with Crippen molar-refractivity contribution in [1.29, 1.82) is 0 Å². The molecule has 0 unspecified atom stereocenters. The van der Waals surface area contributed by atoms with Gasteiger partial charge < -0.3 is 65.2 Å². The Morgan fingerprint density at radius 3 is 1.43 bits per heavy atom. The van der Waals surface area contributed by atoms with Gasteiger partial charge in [0, 0.05) is 0 Å². The first kappa shape index (κ1) is 39.9. The standard InChI is InChI=1S/C33H65N3O10/c1-7-10-13-16-34-22-19(4)43-32(27(39)25(22)37)46-30-26(38)23(35-17-14-11-8-2)20(5)44-33(30)45-29-24(36-18-15-12-9-3)21(6)42-31(41)28(29)40/h19-41H,7-18H2,1-6H3/t19-,20-,21-,22-,23-,24-,25+,26+,27+,28+,29+,30+,31+,32-,33-/m1/s1. The maximum atomic E-state index is 11.7. The summed E-state index contributed by atoms with van der Waals surface area (Å²) in [5, 5.41) is 65.6. The van der Waals surface area contributed by atoms with E-state index in [1.165, 1.54) is 0 Å². The van der Waals surface area contributed by atoms with Gasteiger partial charge in [-0.3, -0.25) is 0 Å². The number of rotatable bonds is 19. The zero-order valence-corrected chi connectivity index (χ0v) is 28.9. The zero-order valence-electron chi connectivity index (χ0n) is 28.9. The van der Waals surface area contributed by atoms with E-state index in [2.05, 4.69) is 36.7 Å². The van der Waals surface area contributed by atoms with E-state index in [0.29, 0.717) is 19.6 Å². The fourth-order valence-corrected chi connectivity index (χ4v) is 6.70. The molecule has 3 rings (SSSR count). The van der Waals surface area contributed by atoms with Crippen LogP contribution < -0.4 is 16.0 Å². The molecule has 0 aliphatic carbocycles. The van der Waals surface area contributed by atoms with Crippen LogP contribution in [0.2, 0.25) is 0 Å². The van der Waals surface area contributed by atoms with Crippen molar-refractivity contribution in [2.75, 3.05) is 19.6 Å². The first-order chi connectivity index (χ1) is 22.0. The van der Waals surface area contributed by atoms with E-state index in [1.54, 1.807) is 13.8 Å². The third kappa shape index (κ3) is 10.7. The minimum absolute atomic E-state index is 0.491. The Labute approximate surface area is 276 Å². The van der Waals surface area contributed by atoms with Gasteiger partial charge in [0.05, 0.1) is 36.4 Å². The molecule has 3 saturated heterocycles. The van der Waals surface area contributed by atoms with Gasteiger partial charge in [0.2, 0.25) is 0 Å². The lowest BCUT2D eigenvalue weighted by Gasteiger charge is -2.50. The molecule has 272 valence electrons. The first-order valence-electron chi connectivity index (χ1n) is 17.9. The number of nitrogens with one attached hydrogen (secondary N) is 3. The number of ether oxygens (including phenoxy) is 5. The van der Waals surface area contributed by atoms with Gasteiger partial charge in [0.1, 0.15) is 36.6 Å². The molecular formula is C33H65N3O10. The van der Waals surface area contributed by atoms with Crippen molar-refractivity contribution in [3.8, 4) is 0 Å². The van der Waals surface area contributed by atoms with Gasteiger partial charge in [-0.2, -0.15) is 0 Å². The number of hydrogen-bond acceptors (Lipinski definition) is 13. The maximum absolute atomic E-state index is 11.7. The van der Waals surface area contributed by atoms with Crippen LogP contribution in [0.3, 0.4) is 0 Å². The summed E-state index contributed by atoms with van der Waals surface area (Å²) in [6, 6.07) is -1.51. The van der Waals surface area contributed by atoms with Crippen molar-refractivity contribution in [2.45, 2.75) is 191 Å². The molecule has 0 saturated carbocycles. The molecule has 13 nitrogen and oxygen atoms in total. The average molecular weight is 664 g/mol. The molecule has 0 aromatic heterocycles. The lowest BCUT2D eigenvalue weighted by atomic mass is 9.93. The Bertz CT molecular complexity index is 833. The fourth-order valence-electron chi connectivity index (χ4n) is 6.70. The molecule has 3 fully saturated rings. The summed E-state index contributed by atoms with van der Waals surface area (Å²) in [4.78, 5) is 0. The Morgan fingerprint density at radius 1 is 0.478 bits per heavy atom. The van der Waals surface area contributed by atoms with Gasteiger partial charge in [0.25, 0.3) is 0 Å². The Balaban J connectivity index is 1.81. The van der Waals surface area contributed by atoms with Gasteiger partial charge in [-0.1, -0.05) is 59.3 Å². The van der Waals surface area contributed by atoms with Crippen molar-refractivity contribution >= 4 is 0 Å². The summed E-state index contributed by atoms with van der Waals surface area (Å²) in [5.41, 5.74) is 0. The molecule has 0 aromatic carbocycles. The van der Waals surface area contributed by atoms with Crippen LogP contribution in [0.15, 0.2) is 0 Å². The quantitative estimate of drug-likeness (QED) is 0.0913. The second kappa shape index (κ2) is 20.2. The van der Waals surface area contributed by atoms with Gasteiger partial charge in [-0.25, -0.2) is 0 Å². The van der Waals surface area contributed by atoms with Crippen LogP contribution in [-0.2, 0) is 23.7 Å². The highest BCUT2D eigenvalue weighted by atomic mass is 16.8. The summed E-state index contributed by atoms with van der Waals surface area (Å²) in [6.45, 7) is 13.8. The molecule has 46 heavy (non-hydrogen) atoms. The van der Waals surface area contributed by atoms with E-state index >= 15 is 0 Å². The predicted octanol–water partition coefficient (Wildman–Crippen LogP) is 0.872. The molecule has 15 atom stereocenters. The van der Waals surface area contributed by atoms with Crippen LogP contribution in [0.4, 0.5) is 0 Å². The van der Waals surface area contributed by atoms with Gasteiger partial charge in [-0.15, -0.1) is 0 Å². The number of hydrogen-bond donors (Lipinski definition) is 8. The summed E-state index contributed by atoms with van der Waals surface area (Å²) >= 11 is 0. The topological polar surface area (TPSA) is 183 Å². The summed E-state index contributed by atoms with van der Waals surface area (Å²) in [6.07, 6.45) is -3.66. The highest BCUT2D eigenvalue weighted by molar-refractivity contribution is 4.99. The molecule has 8 N–H and O–H groups in total. The molecule has 3 aliphatic heterocycles. The van der Waals surface area contributed by atoms with Crippen LogP contribution in [0, 0.1) is 0 Å². The lowest BCUT2D eigenvalue weighted by Crippen LogP contribution is -2.69. The second-order valence-corrected chi connectivity index (χ2v) is 13.4. The van der Waals surface area contributed by atoms with E-state index < -0.39 is 91.9 Å². The minimum atomic E-state index is -1.48. The number of unbranched alkanes of at least 4 members (excludes halogenated alkanes) is 6. The lowest BCUT2D eigenvalue weighted by molar-refractivity contribution is -0.365. The van der Waals surface area contributed by atoms with Crippen LogP contribution >= 0.6 is 0 Å². The predicted molar refractivity (Wildman–Crippen MR) is 173 cm³/mol. The monoisotopic (exact) mass is 663 g/mol. The van der Waals surface area contributed by atoms with E-state index in [-0.39, 0.29) is 0 Å². The van der Waals surface area contributed by atoms with Crippen LogP contribution in [0.1, 0.15) is 99.3 Å². The number of aliphatic hydroxyl groups is 5. The van der Waals surface area contributed by atoms with E-state index in [1.807, 2.05) is 6.92 Å². The number of aliphatic hydroxyl groups excluding tert-OH is 5. The van der Waals surface area contributed by atoms with E-state index in [9.17, 15) is 25.5 Å². The fraction of sp³-hybridized carbons (Fsp3) is 1.00. The summed E-state index contributed by atoms with van der Waals surface area (Å²) in [7, 11) is 0. The summed E-state index contributed by atoms with van der Waals surface area (Å²) < 4.78 is 30.7. The maximum Gasteiger partial charge on any atom is 0.187 e. The van der Waals surface area contributed by atoms with Gasteiger partial charge >= 0.3 is 0 Å². The smallest absolute Gasteiger partial charge is 0.187 e. The minimum Gasteiger partial charge on any atom is -0.388 e. The molecule has 0 radical (unpaired) electrons. The molecule has 3 aliphatic rings. The highest BCUT2D eigenvalue weighted by Gasteiger charge is 2.52. The third-order valence-electron chi connectivity index (χ3n) is 9.58. The Morgan fingerprint density at radius 2 is 0.913 bits per heavy atom. The molecule has 0 amide bonds. The van der Waals surface area contributed by atoms with Crippen molar-refractivity contribution in [2.24, 2.45) is 0 Å². The zero-order chi connectivity index (χ0) is 33.8. The largest absolute Gasteiger partial charge is 0.388 e.